The van der Waals surface area contributed by atoms with Crippen LogP contribution in [0.4, 0.5) is 0 Å². The SMILES string of the molecule is C1=Cc2cc3ccc(cc4ccc(cc5nc(cc1n2)C=C5)[nH]4)[nH]3.COc1cccc2ncccc12.[Fe]. The number of ether oxygens (including phenoxy) is 1. The van der Waals surface area contributed by atoms with Crippen LogP contribution in [0.25, 0.3) is 57.3 Å². The third kappa shape index (κ3) is 5.53. The molecule has 8 bridgehead atoms. The fraction of sp³-hybridized carbons (Fsp3) is 0.0333. The minimum Gasteiger partial charge on any atom is -0.496 e. The van der Waals surface area contributed by atoms with Gasteiger partial charge in [0, 0.05) is 50.7 Å². The molecule has 1 aromatic carbocycles. The Bertz CT molecular complexity index is 1700. The molecule has 6 heterocycles. The number of methoxy groups -OCH3 is 1. The quantitative estimate of drug-likeness (QED) is 0.229. The molecule has 37 heavy (non-hydrogen) atoms. The Balaban J connectivity index is 0.000000183. The average Bonchev–Trinajstić information content (AvgIpc) is 3.70. The van der Waals surface area contributed by atoms with Gasteiger partial charge in [-0.25, -0.2) is 9.97 Å². The van der Waals surface area contributed by atoms with E-state index in [2.05, 4.69) is 55.3 Å². The second-order valence-corrected chi connectivity index (χ2v) is 8.44. The van der Waals surface area contributed by atoms with Crippen molar-refractivity contribution in [1.82, 2.24) is 24.9 Å². The maximum Gasteiger partial charge on any atom is 0.128 e. The van der Waals surface area contributed by atoms with Gasteiger partial charge >= 0.3 is 0 Å². The van der Waals surface area contributed by atoms with Crippen molar-refractivity contribution in [2.24, 2.45) is 0 Å². The Labute approximate surface area is 224 Å². The molecule has 6 nitrogen and oxygen atoms in total. The molecule has 7 heteroatoms. The summed E-state index contributed by atoms with van der Waals surface area (Å²) in [6.07, 6.45) is 9.83. The van der Waals surface area contributed by atoms with E-state index >= 15 is 0 Å². The summed E-state index contributed by atoms with van der Waals surface area (Å²) in [5.74, 6) is 0.876. The second-order valence-electron chi connectivity index (χ2n) is 8.44. The van der Waals surface area contributed by atoms with Crippen LogP contribution in [0.15, 0.2) is 85.1 Å². The second kappa shape index (κ2) is 10.7. The van der Waals surface area contributed by atoms with Crippen LogP contribution >= 0.6 is 0 Å². The summed E-state index contributed by atoms with van der Waals surface area (Å²) in [7, 11) is 1.67. The zero-order valence-electron chi connectivity index (χ0n) is 20.0. The Morgan fingerprint density at radius 3 is 1.70 bits per heavy atom. The summed E-state index contributed by atoms with van der Waals surface area (Å²) in [6, 6.07) is 26.2. The van der Waals surface area contributed by atoms with Crippen molar-refractivity contribution in [2.75, 3.05) is 7.11 Å². The molecule has 2 N–H and O–H groups in total. The zero-order valence-corrected chi connectivity index (χ0v) is 21.1. The minimum atomic E-state index is 0. The van der Waals surface area contributed by atoms with E-state index in [0.717, 1.165) is 61.5 Å². The molecule has 0 aliphatic carbocycles. The number of pyridine rings is 1. The Kier molecular flexibility index (Phi) is 6.99. The van der Waals surface area contributed by atoms with Gasteiger partial charge in [-0.15, -0.1) is 0 Å². The summed E-state index contributed by atoms with van der Waals surface area (Å²) in [5, 5.41) is 1.06. The van der Waals surface area contributed by atoms with E-state index in [-0.39, 0.29) is 17.1 Å². The number of H-pyrrole nitrogens is 2. The van der Waals surface area contributed by atoms with Gasteiger partial charge in [0.25, 0.3) is 0 Å². The van der Waals surface area contributed by atoms with E-state index in [1.807, 2.05) is 72.8 Å². The predicted molar refractivity (Wildman–Crippen MR) is 147 cm³/mol. The van der Waals surface area contributed by atoms with E-state index in [1.165, 1.54) is 0 Å². The van der Waals surface area contributed by atoms with Crippen molar-refractivity contribution in [3.8, 4) is 5.75 Å². The summed E-state index contributed by atoms with van der Waals surface area (Å²) in [5.41, 5.74) is 8.83. The summed E-state index contributed by atoms with van der Waals surface area (Å²) >= 11 is 0. The van der Waals surface area contributed by atoms with Crippen molar-refractivity contribution in [1.29, 1.82) is 0 Å². The summed E-state index contributed by atoms with van der Waals surface area (Å²) in [6.45, 7) is 0. The van der Waals surface area contributed by atoms with Crippen LogP contribution in [0, 0.1) is 0 Å². The fourth-order valence-electron chi connectivity index (χ4n) is 4.20. The fourth-order valence-corrected chi connectivity index (χ4v) is 4.20. The van der Waals surface area contributed by atoms with Crippen molar-refractivity contribution < 1.29 is 21.8 Å². The van der Waals surface area contributed by atoms with Gasteiger partial charge in [0.2, 0.25) is 0 Å². The van der Waals surface area contributed by atoms with Crippen LogP contribution in [-0.4, -0.2) is 32.0 Å². The van der Waals surface area contributed by atoms with Gasteiger partial charge in [-0.1, -0.05) is 6.07 Å². The average molecular weight is 525 g/mol. The predicted octanol–water partition coefficient (Wildman–Crippen LogP) is 6.90. The van der Waals surface area contributed by atoms with Gasteiger partial charge in [0.15, 0.2) is 0 Å². The van der Waals surface area contributed by atoms with E-state index < -0.39 is 0 Å². The Hall–Kier alpha value is -4.45. The number of aromatic nitrogens is 5. The maximum absolute atomic E-state index is 5.19. The molecule has 182 valence electrons. The van der Waals surface area contributed by atoms with Crippen LogP contribution < -0.4 is 4.74 Å². The van der Waals surface area contributed by atoms with Crippen molar-refractivity contribution in [2.45, 2.75) is 0 Å². The molecule has 2 aliphatic rings. The monoisotopic (exact) mass is 525 g/mol. The first-order valence-corrected chi connectivity index (χ1v) is 11.6. The van der Waals surface area contributed by atoms with Gasteiger partial charge in [-0.2, -0.15) is 0 Å². The molecule has 5 aromatic rings. The maximum atomic E-state index is 5.19. The topological polar surface area (TPSA) is 79.5 Å². The molecular formula is C30H23FeN5O. The zero-order chi connectivity index (χ0) is 24.3. The van der Waals surface area contributed by atoms with E-state index in [0.29, 0.717) is 0 Å². The number of aromatic amines is 2. The first-order chi connectivity index (χ1) is 17.7. The number of benzene rings is 1. The molecule has 0 saturated carbocycles. The Morgan fingerprint density at radius 2 is 1.14 bits per heavy atom. The number of hydrogen-bond acceptors (Lipinski definition) is 4. The number of nitrogens with one attached hydrogen (secondary N) is 2. The molecule has 0 atom stereocenters. The normalized spacial score (nSPS) is 11.5. The first kappa shape index (κ1) is 24.3. The molecule has 2 aliphatic heterocycles. The molecular weight excluding hydrogens is 502 g/mol. The minimum absolute atomic E-state index is 0. The van der Waals surface area contributed by atoms with E-state index in [9.17, 15) is 0 Å². The molecule has 0 unspecified atom stereocenters. The van der Waals surface area contributed by atoms with Gasteiger partial charge < -0.3 is 14.7 Å². The number of nitrogens with zero attached hydrogens (tertiary/aromatic N) is 3. The smallest absolute Gasteiger partial charge is 0.128 e. The van der Waals surface area contributed by atoms with Crippen molar-refractivity contribution in [3.05, 3.63) is 108 Å². The summed E-state index contributed by atoms with van der Waals surface area (Å²) < 4.78 is 5.19. The summed E-state index contributed by atoms with van der Waals surface area (Å²) in [4.78, 5) is 20.2. The molecule has 0 spiro atoms. The molecule has 0 radical (unpaired) electrons. The van der Waals surface area contributed by atoms with Crippen LogP contribution in [0.1, 0.15) is 22.8 Å². The Morgan fingerprint density at radius 1 is 0.595 bits per heavy atom. The number of hydrogen-bond donors (Lipinski definition) is 2. The molecule has 4 aromatic heterocycles. The third-order valence-electron chi connectivity index (χ3n) is 5.87. The third-order valence-corrected chi connectivity index (χ3v) is 5.87. The molecule has 0 amide bonds. The van der Waals surface area contributed by atoms with Gasteiger partial charge in [0.1, 0.15) is 5.75 Å². The van der Waals surface area contributed by atoms with Gasteiger partial charge in [0.05, 0.1) is 35.4 Å². The van der Waals surface area contributed by atoms with Crippen LogP contribution in [0.3, 0.4) is 0 Å². The van der Waals surface area contributed by atoms with Crippen LogP contribution in [0.2, 0.25) is 0 Å². The van der Waals surface area contributed by atoms with E-state index in [1.54, 1.807) is 13.3 Å². The molecule has 0 saturated heterocycles. The van der Waals surface area contributed by atoms with E-state index in [4.69, 9.17) is 4.74 Å². The van der Waals surface area contributed by atoms with Gasteiger partial charge in [-0.3, -0.25) is 4.98 Å². The largest absolute Gasteiger partial charge is 0.496 e. The van der Waals surface area contributed by atoms with Crippen LogP contribution in [0.5, 0.6) is 5.75 Å². The molecule has 7 rings (SSSR count). The standard InChI is InChI=1S/C20H14N4.C10H9NO.Fe/c1-2-14-10-16-5-6-18(23-16)12-20-8-7-19(24-20)11-17-4-3-15(22-17)9-13(1)21-14;1-12-10-6-2-5-9-8(10)4-3-7-11-9;/h1-12,21-22H;2-7H,1H3;. The van der Waals surface area contributed by atoms with Gasteiger partial charge in [-0.05, 0) is 97.1 Å². The molecule has 0 fully saturated rings. The number of fused-ring (bicyclic) bond motifs is 9. The number of rotatable bonds is 1. The van der Waals surface area contributed by atoms with Crippen molar-refractivity contribution in [3.63, 3.8) is 0 Å². The van der Waals surface area contributed by atoms with Crippen LogP contribution in [-0.2, 0) is 17.1 Å². The van der Waals surface area contributed by atoms with Crippen molar-refractivity contribution >= 4 is 57.3 Å². The first-order valence-electron chi connectivity index (χ1n) is 11.6.